The number of methoxy groups -OCH3 is 1. The van der Waals surface area contributed by atoms with Gasteiger partial charge in [-0.3, -0.25) is 9.98 Å². The van der Waals surface area contributed by atoms with Gasteiger partial charge in [0.2, 0.25) is 0 Å². The molecular weight excluding hydrogens is 640 g/mol. The van der Waals surface area contributed by atoms with Gasteiger partial charge in [-0.15, -0.1) is 6.07 Å². The number of hydrogen-bond acceptors (Lipinski definition) is 6. The van der Waals surface area contributed by atoms with Crippen molar-refractivity contribution in [3.8, 4) is 0 Å². The van der Waals surface area contributed by atoms with E-state index < -0.39 is 5.97 Å². The minimum atomic E-state index is -0.477. The summed E-state index contributed by atoms with van der Waals surface area (Å²) in [4.78, 5) is 22.3. The molecule has 0 fully saturated rings. The molecule has 2 atom stereocenters. The number of benzene rings is 3. The summed E-state index contributed by atoms with van der Waals surface area (Å²) >= 11 is -0.226. The molecule has 0 saturated carbocycles. The van der Waals surface area contributed by atoms with Gasteiger partial charge in [-0.1, -0.05) is 71.8 Å². The quantitative estimate of drug-likeness (QED) is 0.184. The van der Waals surface area contributed by atoms with Gasteiger partial charge < -0.3 is 19.1 Å². The Morgan fingerprint density at radius 3 is 1.77 bits per heavy atom. The van der Waals surface area contributed by atoms with Gasteiger partial charge in [0.25, 0.3) is 0 Å². The SMILES string of the molecule is [C-]#[N+]CC(=O)OC.[Cl][Rh+][Cl].[c-]1cc(C2=N[C@@H](Cc3ccccc3)CO2)cc(C2=N[C@@H](Cc3ccccc3)CO2)c1. The maximum atomic E-state index is 9.98. The number of ether oxygens (including phenoxy) is 3. The number of rotatable bonds is 7. The van der Waals surface area contributed by atoms with E-state index >= 15 is 0 Å². The van der Waals surface area contributed by atoms with Gasteiger partial charge in [0.05, 0.1) is 19.2 Å². The normalized spacial score (nSPS) is 16.9. The predicted octanol–water partition coefficient (Wildman–Crippen LogP) is 5.72. The monoisotopic (exact) mass is 667 g/mol. The average molecular weight is 668 g/mol. The molecule has 3 aromatic carbocycles. The minimum Gasteiger partial charge on any atom is -0.485 e. The number of carbonyl (C=O) groups excluding carboxylic acids is 1. The second kappa shape index (κ2) is 17.5. The number of hydrogen-bond donors (Lipinski definition) is 0. The van der Waals surface area contributed by atoms with Crippen LogP contribution in [0.4, 0.5) is 0 Å². The van der Waals surface area contributed by atoms with E-state index in [-0.39, 0.29) is 33.8 Å². The molecule has 40 heavy (non-hydrogen) atoms. The van der Waals surface area contributed by atoms with Crippen molar-refractivity contribution in [1.29, 1.82) is 0 Å². The van der Waals surface area contributed by atoms with Crippen molar-refractivity contribution in [2.75, 3.05) is 26.9 Å². The molecular formula is C30H28Cl2N3O4Rh. The van der Waals surface area contributed by atoms with Gasteiger partial charge in [0.15, 0.2) is 11.8 Å². The molecule has 2 aliphatic rings. The molecule has 0 aliphatic carbocycles. The zero-order valence-corrected chi connectivity index (χ0v) is 24.9. The number of esters is 1. The fourth-order valence-electron chi connectivity index (χ4n) is 3.98. The van der Waals surface area contributed by atoms with E-state index in [1.165, 1.54) is 18.2 Å². The van der Waals surface area contributed by atoms with Crippen LogP contribution in [-0.4, -0.2) is 56.7 Å². The van der Waals surface area contributed by atoms with E-state index in [2.05, 4.69) is 64.2 Å². The maximum Gasteiger partial charge on any atom is 0.157 e. The van der Waals surface area contributed by atoms with Crippen molar-refractivity contribution in [3.63, 3.8) is 0 Å². The molecule has 0 amide bonds. The molecule has 0 radical (unpaired) electrons. The second-order valence-electron chi connectivity index (χ2n) is 8.63. The molecule has 0 aromatic heterocycles. The number of halogens is 2. The molecule has 7 nitrogen and oxygen atoms in total. The minimum absolute atomic E-state index is 0.140. The first-order chi connectivity index (χ1) is 19.6. The molecule has 2 aliphatic heterocycles. The Hall–Kier alpha value is -3.24. The predicted molar refractivity (Wildman–Crippen MR) is 153 cm³/mol. The van der Waals surface area contributed by atoms with Crippen LogP contribution in [0, 0.1) is 12.6 Å². The molecule has 0 spiro atoms. The van der Waals surface area contributed by atoms with Crippen LogP contribution in [0.3, 0.4) is 0 Å². The van der Waals surface area contributed by atoms with Crippen molar-refractivity contribution in [2.24, 2.45) is 9.98 Å². The second-order valence-corrected chi connectivity index (χ2v) is 11.1. The molecule has 5 rings (SSSR count). The number of aliphatic imine (C=N–C) groups is 2. The van der Waals surface area contributed by atoms with E-state index in [0.29, 0.717) is 25.0 Å². The first kappa shape index (κ1) is 31.3. The van der Waals surface area contributed by atoms with E-state index in [1.54, 1.807) is 0 Å². The topological polar surface area (TPSA) is 73.8 Å². The summed E-state index contributed by atoms with van der Waals surface area (Å²) in [5.74, 6) is 0.872. The van der Waals surface area contributed by atoms with E-state index in [4.69, 9.17) is 45.4 Å². The largest absolute Gasteiger partial charge is 0.485 e. The first-order valence-corrected chi connectivity index (χ1v) is 16.5. The van der Waals surface area contributed by atoms with Gasteiger partial charge >= 0.3 is 47.0 Å². The number of nitrogens with zero attached hydrogens (tertiary/aromatic N) is 3. The zero-order valence-electron chi connectivity index (χ0n) is 21.8. The summed E-state index contributed by atoms with van der Waals surface area (Å²) in [7, 11) is 10.9. The molecule has 2 heterocycles. The van der Waals surface area contributed by atoms with Gasteiger partial charge in [-0.25, -0.2) is 11.4 Å². The first-order valence-electron chi connectivity index (χ1n) is 12.3. The van der Waals surface area contributed by atoms with E-state index in [1.807, 2.05) is 30.3 Å². The van der Waals surface area contributed by atoms with Crippen molar-refractivity contribution in [3.05, 3.63) is 119 Å². The summed E-state index contributed by atoms with van der Waals surface area (Å²) in [6.45, 7) is 7.19. The Kier molecular flexibility index (Phi) is 13.7. The van der Waals surface area contributed by atoms with Crippen LogP contribution in [0.5, 0.6) is 0 Å². The maximum absolute atomic E-state index is 9.98. The smallest absolute Gasteiger partial charge is 0.157 e. The third-order valence-corrected chi connectivity index (χ3v) is 5.77. The number of carbonyl (C=O) groups is 1. The third-order valence-electron chi connectivity index (χ3n) is 5.77. The van der Waals surface area contributed by atoms with Crippen LogP contribution >= 0.6 is 19.4 Å². The van der Waals surface area contributed by atoms with Crippen molar-refractivity contribution >= 4 is 37.1 Å². The van der Waals surface area contributed by atoms with Crippen LogP contribution in [0.2, 0.25) is 0 Å². The Morgan fingerprint density at radius 2 is 1.40 bits per heavy atom. The van der Waals surface area contributed by atoms with Gasteiger partial charge in [-0.05, 0) is 24.0 Å². The van der Waals surface area contributed by atoms with Crippen LogP contribution in [-0.2, 0) is 47.0 Å². The summed E-state index contributed by atoms with van der Waals surface area (Å²) in [6.07, 6.45) is 1.76. The Bertz CT molecular complexity index is 1230. The molecule has 210 valence electrons. The molecule has 0 unspecified atom stereocenters. The zero-order chi connectivity index (χ0) is 28.6. The van der Waals surface area contributed by atoms with E-state index in [0.717, 1.165) is 24.0 Å². The van der Waals surface area contributed by atoms with Crippen molar-refractivity contribution in [1.82, 2.24) is 0 Å². The van der Waals surface area contributed by atoms with Crippen LogP contribution in [0.25, 0.3) is 4.85 Å². The fraction of sp³-hybridized carbons (Fsp3) is 0.267. The average Bonchev–Trinajstić information content (AvgIpc) is 3.65. The summed E-state index contributed by atoms with van der Waals surface area (Å²) in [5, 5.41) is 0. The molecule has 0 bridgehead atoms. The third kappa shape index (κ3) is 10.4. The van der Waals surface area contributed by atoms with Crippen molar-refractivity contribution < 1.29 is 34.2 Å². The van der Waals surface area contributed by atoms with Gasteiger partial charge in [-0.2, -0.15) is 18.2 Å². The Morgan fingerprint density at radius 1 is 0.950 bits per heavy atom. The van der Waals surface area contributed by atoms with Crippen LogP contribution in [0.15, 0.2) is 88.8 Å². The standard InChI is InChI=1S/C26H23N2O2.C4H5NO2.2ClH.Rh/c1-3-8-19(9-4-1)14-23-17-29-25(27-23)21-12-7-13-22(16-21)26-28-24(18-30-26)15-20-10-5-2-6-11-20;1-5-3-4(6)7-2;;;/h1-6,8-13,16,23-24H,14-15,17-18H2;3H2,2H3;2*1H;/q-1;;;;+3/p-2/t23-,24-;;;;/m0..../s1. The van der Waals surface area contributed by atoms with Gasteiger partial charge in [0, 0.05) is 0 Å². The van der Waals surface area contributed by atoms with Crippen LogP contribution in [0.1, 0.15) is 22.3 Å². The molecule has 3 aromatic rings. The fourth-order valence-corrected chi connectivity index (χ4v) is 3.98. The van der Waals surface area contributed by atoms with E-state index in [9.17, 15) is 4.79 Å². The molecule has 0 N–H and O–H groups in total. The summed E-state index contributed by atoms with van der Waals surface area (Å²) in [5.41, 5.74) is 4.38. The summed E-state index contributed by atoms with van der Waals surface area (Å²) < 4.78 is 15.9. The summed E-state index contributed by atoms with van der Waals surface area (Å²) in [6, 6.07) is 30.1. The molecule has 0 saturated heterocycles. The Balaban J connectivity index is 0.000000382. The van der Waals surface area contributed by atoms with Crippen LogP contribution < -0.4 is 0 Å². The molecule has 10 heteroatoms. The Labute approximate surface area is 250 Å². The van der Waals surface area contributed by atoms with Gasteiger partial charge in [0.1, 0.15) is 13.2 Å². The van der Waals surface area contributed by atoms with Crippen molar-refractivity contribution in [2.45, 2.75) is 24.9 Å².